The SMILES string of the molecule is COc1cc(F)c([N+](=O)[O-])cc1NC1CC1. The van der Waals surface area contributed by atoms with Crippen LogP contribution in [0, 0.1) is 15.9 Å². The zero-order valence-electron chi connectivity index (χ0n) is 8.70. The highest BCUT2D eigenvalue weighted by Crippen LogP contribution is 2.35. The molecule has 5 nitrogen and oxygen atoms in total. The number of anilines is 1. The maximum atomic E-state index is 13.3. The lowest BCUT2D eigenvalue weighted by molar-refractivity contribution is -0.387. The number of rotatable bonds is 4. The van der Waals surface area contributed by atoms with Crippen LogP contribution in [0.15, 0.2) is 12.1 Å². The third kappa shape index (κ3) is 2.05. The molecule has 1 N–H and O–H groups in total. The van der Waals surface area contributed by atoms with Crippen LogP contribution in [0.4, 0.5) is 15.8 Å². The molecule has 6 heteroatoms. The van der Waals surface area contributed by atoms with Gasteiger partial charge in [0, 0.05) is 18.2 Å². The van der Waals surface area contributed by atoms with E-state index < -0.39 is 16.4 Å². The second-order valence-corrected chi connectivity index (χ2v) is 3.68. The Kier molecular flexibility index (Phi) is 2.64. The summed E-state index contributed by atoms with van der Waals surface area (Å²) in [4.78, 5) is 9.83. The van der Waals surface area contributed by atoms with Crippen molar-refractivity contribution in [3.05, 3.63) is 28.1 Å². The first kappa shape index (κ1) is 10.7. The van der Waals surface area contributed by atoms with Crippen molar-refractivity contribution >= 4 is 11.4 Å². The molecule has 0 amide bonds. The molecule has 0 atom stereocenters. The Hall–Kier alpha value is -1.85. The topological polar surface area (TPSA) is 64.4 Å². The minimum Gasteiger partial charge on any atom is -0.494 e. The summed E-state index contributed by atoms with van der Waals surface area (Å²) in [6.45, 7) is 0. The predicted molar refractivity (Wildman–Crippen MR) is 56.3 cm³/mol. The monoisotopic (exact) mass is 226 g/mol. The van der Waals surface area contributed by atoms with Gasteiger partial charge in [-0.15, -0.1) is 0 Å². The summed E-state index contributed by atoms with van der Waals surface area (Å²) in [5.41, 5.74) is -0.0675. The van der Waals surface area contributed by atoms with E-state index in [0.29, 0.717) is 11.7 Å². The number of methoxy groups -OCH3 is 1. The van der Waals surface area contributed by atoms with Crippen LogP contribution in [0.5, 0.6) is 5.75 Å². The van der Waals surface area contributed by atoms with Gasteiger partial charge in [-0.2, -0.15) is 4.39 Å². The number of nitro groups is 1. The molecule has 1 aromatic carbocycles. The molecule has 2 rings (SSSR count). The van der Waals surface area contributed by atoms with Gasteiger partial charge in [0.25, 0.3) is 0 Å². The van der Waals surface area contributed by atoms with Crippen molar-refractivity contribution in [2.24, 2.45) is 0 Å². The Morgan fingerprint density at radius 3 is 2.75 bits per heavy atom. The van der Waals surface area contributed by atoms with Gasteiger partial charge in [0.2, 0.25) is 5.82 Å². The molecule has 0 spiro atoms. The summed E-state index contributed by atoms with van der Waals surface area (Å²) in [6.07, 6.45) is 2.04. The number of nitro benzene ring substituents is 1. The molecule has 0 bridgehead atoms. The van der Waals surface area contributed by atoms with Gasteiger partial charge in [0.05, 0.1) is 17.7 Å². The number of nitrogens with one attached hydrogen (secondary N) is 1. The number of benzene rings is 1. The standard InChI is InChI=1S/C10H11FN2O3/c1-16-10-4-7(11)9(13(14)15)5-8(10)12-6-2-3-6/h4-6,12H,2-3H2,1H3. The molecular formula is C10H11FN2O3. The second-order valence-electron chi connectivity index (χ2n) is 3.68. The summed E-state index contributed by atoms with van der Waals surface area (Å²) in [5, 5.41) is 13.6. The highest BCUT2D eigenvalue weighted by molar-refractivity contribution is 5.63. The predicted octanol–water partition coefficient (Wildman–Crippen LogP) is 2.32. The first-order chi connectivity index (χ1) is 7.61. The van der Waals surface area contributed by atoms with Crippen molar-refractivity contribution < 1.29 is 14.1 Å². The lowest BCUT2D eigenvalue weighted by Gasteiger charge is -2.10. The van der Waals surface area contributed by atoms with Gasteiger partial charge < -0.3 is 10.1 Å². The third-order valence-corrected chi connectivity index (χ3v) is 2.40. The summed E-state index contributed by atoms with van der Waals surface area (Å²) < 4.78 is 18.2. The van der Waals surface area contributed by atoms with Crippen molar-refractivity contribution in [1.29, 1.82) is 0 Å². The van der Waals surface area contributed by atoms with Crippen LogP contribution in [0.3, 0.4) is 0 Å². The maximum Gasteiger partial charge on any atom is 0.307 e. The first-order valence-electron chi connectivity index (χ1n) is 4.90. The fourth-order valence-corrected chi connectivity index (χ4v) is 1.41. The quantitative estimate of drug-likeness (QED) is 0.632. The molecule has 0 radical (unpaired) electrons. The Morgan fingerprint density at radius 1 is 1.56 bits per heavy atom. The minimum atomic E-state index is -0.886. The van der Waals surface area contributed by atoms with Crippen LogP contribution in [-0.4, -0.2) is 18.1 Å². The smallest absolute Gasteiger partial charge is 0.307 e. The minimum absolute atomic E-state index is 0.287. The second kappa shape index (κ2) is 3.96. The van der Waals surface area contributed by atoms with E-state index in [9.17, 15) is 14.5 Å². The maximum absolute atomic E-state index is 13.3. The highest BCUT2D eigenvalue weighted by atomic mass is 19.1. The summed E-state index contributed by atoms with van der Waals surface area (Å²) in [7, 11) is 1.40. The molecule has 86 valence electrons. The first-order valence-corrected chi connectivity index (χ1v) is 4.90. The van der Waals surface area contributed by atoms with Crippen LogP contribution in [-0.2, 0) is 0 Å². The van der Waals surface area contributed by atoms with E-state index in [-0.39, 0.29) is 5.75 Å². The van der Waals surface area contributed by atoms with E-state index in [1.54, 1.807) is 0 Å². The Labute approximate surface area is 91.4 Å². The van der Waals surface area contributed by atoms with Gasteiger partial charge in [-0.3, -0.25) is 10.1 Å². The lowest BCUT2D eigenvalue weighted by Crippen LogP contribution is -2.04. The third-order valence-electron chi connectivity index (χ3n) is 2.40. The highest BCUT2D eigenvalue weighted by Gasteiger charge is 2.25. The van der Waals surface area contributed by atoms with Crippen LogP contribution in [0.2, 0.25) is 0 Å². The van der Waals surface area contributed by atoms with Gasteiger partial charge in [-0.05, 0) is 12.8 Å². The van der Waals surface area contributed by atoms with Gasteiger partial charge in [0.15, 0.2) is 0 Å². The van der Waals surface area contributed by atoms with Gasteiger partial charge in [-0.25, -0.2) is 0 Å². The van der Waals surface area contributed by atoms with E-state index in [2.05, 4.69) is 5.32 Å². The average molecular weight is 226 g/mol. The Morgan fingerprint density at radius 2 is 2.25 bits per heavy atom. The average Bonchev–Trinajstić information content (AvgIpc) is 3.03. The van der Waals surface area contributed by atoms with E-state index in [4.69, 9.17) is 4.74 Å². The van der Waals surface area contributed by atoms with Crippen molar-refractivity contribution in [2.45, 2.75) is 18.9 Å². The summed E-state index contributed by atoms with van der Waals surface area (Å²) >= 11 is 0. The van der Waals surface area contributed by atoms with E-state index in [0.717, 1.165) is 18.9 Å². The fraction of sp³-hybridized carbons (Fsp3) is 0.400. The molecule has 1 aliphatic carbocycles. The summed E-state index contributed by atoms with van der Waals surface area (Å²) in [6, 6.07) is 2.52. The number of hydrogen-bond acceptors (Lipinski definition) is 4. The molecule has 1 saturated carbocycles. The summed E-state index contributed by atoms with van der Waals surface area (Å²) in [5.74, 6) is -0.599. The molecule has 1 aliphatic rings. The molecule has 0 heterocycles. The number of halogens is 1. The largest absolute Gasteiger partial charge is 0.494 e. The van der Waals surface area contributed by atoms with Crippen molar-refractivity contribution in [3.8, 4) is 5.75 Å². The van der Waals surface area contributed by atoms with E-state index in [1.807, 2.05) is 0 Å². The molecule has 1 aromatic rings. The molecule has 16 heavy (non-hydrogen) atoms. The van der Waals surface area contributed by atoms with Gasteiger partial charge >= 0.3 is 5.69 Å². The van der Waals surface area contributed by atoms with Gasteiger partial charge in [-0.1, -0.05) is 0 Å². The Bertz CT molecular complexity index is 432. The fourth-order valence-electron chi connectivity index (χ4n) is 1.41. The van der Waals surface area contributed by atoms with Crippen LogP contribution in [0.25, 0.3) is 0 Å². The molecular weight excluding hydrogens is 215 g/mol. The van der Waals surface area contributed by atoms with Crippen molar-refractivity contribution in [2.75, 3.05) is 12.4 Å². The van der Waals surface area contributed by atoms with E-state index in [1.165, 1.54) is 13.2 Å². The van der Waals surface area contributed by atoms with Crippen molar-refractivity contribution in [3.63, 3.8) is 0 Å². The van der Waals surface area contributed by atoms with E-state index >= 15 is 0 Å². The van der Waals surface area contributed by atoms with Crippen molar-refractivity contribution in [1.82, 2.24) is 0 Å². The number of nitrogens with zero attached hydrogens (tertiary/aromatic N) is 1. The Balaban J connectivity index is 2.38. The molecule has 0 unspecified atom stereocenters. The zero-order chi connectivity index (χ0) is 11.7. The van der Waals surface area contributed by atoms with Crippen LogP contribution < -0.4 is 10.1 Å². The number of hydrogen-bond donors (Lipinski definition) is 1. The van der Waals surface area contributed by atoms with Crippen LogP contribution >= 0.6 is 0 Å². The lowest BCUT2D eigenvalue weighted by atomic mass is 10.2. The number of ether oxygens (including phenoxy) is 1. The molecule has 0 aliphatic heterocycles. The molecule has 0 aromatic heterocycles. The molecule has 1 fully saturated rings. The normalized spacial score (nSPS) is 14.6. The van der Waals surface area contributed by atoms with Crippen LogP contribution in [0.1, 0.15) is 12.8 Å². The van der Waals surface area contributed by atoms with Gasteiger partial charge in [0.1, 0.15) is 5.75 Å². The zero-order valence-corrected chi connectivity index (χ0v) is 8.70. The molecule has 0 saturated heterocycles.